The fourth-order valence-electron chi connectivity index (χ4n) is 1.09. The van der Waals surface area contributed by atoms with Gasteiger partial charge in [-0.3, -0.25) is 0 Å². The van der Waals surface area contributed by atoms with Crippen molar-refractivity contribution >= 4 is 10.0 Å². The van der Waals surface area contributed by atoms with Crippen LogP contribution in [0.4, 0.5) is 0 Å². The molecule has 0 aromatic heterocycles. The van der Waals surface area contributed by atoms with Gasteiger partial charge in [0.2, 0.25) is 10.0 Å². The van der Waals surface area contributed by atoms with Gasteiger partial charge in [0.1, 0.15) is 5.75 Å². The van der Waals surface area contributed by atoms with E-state index in [-0.39, 0.29) is 4.90 Å². The second kappa shape index (κ2) is 5.01. The molecular weight excluding hydrogens is 226 g/mol. The Morgan fingerprint density at radius 1 is 1.38 bits per heavy atom. The summed E-state index contributed by atoms with van der Waals surface area (Å²) in [6, 6.07) is 5.55. The molecule has 0 fully saturated rings. The zero-order valence-corrected chi connectivity index (χ0v) is 9.91. The number of sulfonamides is 1. The molecule has 0 heterocycles. The molecule has 0 spiro atoms. The summed E-state index contributed by atoms with van der Waals surface area (Å²) in [5.74, 6) is 2.90. The van der Waals surface area contributed by atoms with Gasteiger partial charge < -0.3 is 4.74 Å². The van der Waals surface area contributed by atoms with Crippen LogP contribution in [0.15, 0.2) is 29.2 Å². The number of hydrogen-bond acceptors (Lipinski definition) is 3. The second-order valence-corrected chi connectivity index (χ2v) is 4.90. The van der Waals surface area contributed by atoms with Crippen LogP contribution >= 0.6 is 0 Å². The number of rotatable bonds is 4. The first kappa shape index (κ1) is 12.6. The zero-order chi connectivity index (χ0) is 12.2. The molecule has 0 aliphatic heterocycles. The predicted molar refractivity (Wildman–Crippen MR) is 61.6 cm³/mol. The maximum atomic E-state index is 11.8. The van der Waals surface area contributed by atoms with Crippen molar-refractivity contribution in [2.45, 2.75) is 17.9 Å². The van der Waals surface area contributed by atoms with Crippen LogP contribution in [0.1, 0.15) is 6.92 Å². The first-order chi connectivity index (χ1) is 7.49. The smallest absolute Gasteiger partial charge is 0.241 e. The summed E-state index contributed by atoms with van der Waals surface area (Å²) in [5.41, 5.74) is 0. The third kappa shape index (κ3) is 2.99. The van der Waals surface area contributed by atoms with Crippen molar-refractivity contribution < 1.29 is 13.2 Å². The quantitative estimate of drug-likeness (QED) is 0.797. The van der Waals surface area contributed by atoms with Gasteiger partial charge in [-0.15, -0.1) is 6.42 Å². The largest absolute Gasteiger partial charge is 0.497 e. The van der Waals surface area contributed by atoms with Gasteiger partial charge in [0.25, 0.3) is 0 Å². The average Bonchev–Trinajstić information content (AvgIpc) is 2.28. The van der Waals surface area contributed by atoms with Gasteiger partial charge in [-0.1, -0.05) is 5.92 Å². The van der Waals surface area contributed by atoms with Crippen LogP contribution in [0, 0.1) is 12.3 Å². The molecule has 1 rings (SSSR count). The molecule has 1 aromatic rings. The Kier molecular flexibility index (Phi) is 3.93. The normalized spacial score (nSPS) is 12.8. The summed E-state index contributed by atoms with van der Waals surface area (Å²) in [6.45, 7) is 1.60. The Hall–Kier alpha value is -1.51. The summed E-state index contributed by atoms with van der Waals surface area (Å²) in [6.07, 6.45) is 5.11. The van der Waals surface area contributed by atoms with Crippen LogP contribution in [0.5, 0.6) is 5.75 Å². The SMILES string of the molecule is C#CC(C)NS(=O)(=O)c1ccc(OC)cc1. The van der Waals surface area contributed by atoms with E-state index < -0.39 is 16.1 Å². The maximum Gasteiger partial charge on any atom is 0.241 e. The van der Waals surface area contributed by atoms with Crippen LogP contribution in [0.3, 0.4) is 0 Å². The molecule has 0 saturated heterocycles. The van der Waals surface area contributed by atoms with E-state index in [0.29, 0.717) is 5.75 Å². The van der Waals surface area contributed by atoms with E-state index in [4.69, 9.17) is 11.2 Å². The molecule has 16 heavy (non-hydrogen) atoms. The van der Waals surface area contributed by atoms with Crippen LogP contribution in [0.2, 0.25) is 0 Å². The lowest BCUT2D eigenvalue weighted by Crippen LogP contribution is -2.31. The summed E-state index contributed by atoms with van der Waals surface area (Å²) in [7, 11) is -2.03. The highest BCUT2D eigenvalue weighted by Gasteiger charge is 2.15. The van der Waals surface area contributed by atoms with Gasteiger partial charge in [0.15, 0.2) is 0 Å². The van der Waals surface area contributed by atoms with Crippen molar-refractivity contribution in [2.75, 3.05) is 7.11 Å². The minimum absolute atomic E-state index is 0.162. The maximum absolute atomic E-state index is 11.8. The summed E-state index contributed by atoms with van der Waals surface area (Å²) >= 11 is 0. The van der Waals surface area contributed by atoms with E-state index in [1.165, 1.54) is 19.2 Å². The minimum atomic E-state index is -3.54. The third-order valence-electron chi connectivity index (χ3n) is 1.95. The third-order valence-corrected chi connectivity index (χ3v) is 3.51. The van der Waals surface area contributed by atoms with Crippen molar-refractivity contribution in [2.24, 2.45) is 0 Å². The van der Waals surface area contributed by atoms with E-state index >= 15 is 0 Å². The standard InChI is InChI=1S/C11H13NO3S/c1-4-9(2)12-16(13,14)11-7-5-10(15-3)6-8-11/h1,5-9,12H,2-3H3. The number of nitrogens with one attached hydrogen (secondary N) is 1. The van der Waals surface area contributed by atoms with Gasteiger partial charge in [-0.2, -0.15) is 4.72 Å². The van der Waals surface area contributed by atoms with E-state index in [0.717, 1.165) is 0 Å². The molecule has 0 bridgehead atoms. The van der Waals surface area contributed by atoms with Gasteiger partial charge in [-0.25, -0.2) is 8.42 Å². The summed E-state index contributed by atoms with van der Waals surface area (Å²) < 4.78 is 30.8. The molecule has 1 aromatic carbocycles. The Morgan fingerprint density at radius 3 is 2.38 bits per heavy atom. The average molecular weight is 239 g/mol. The lowest BCUT2D eigenvalue weighted by atomic mass is 10.3. The Balaban J connectivity index is 2.95. The van der Waals surface area contributed by atoms with Crippen molar-refractivity contribution in [3.05, 3.63) is 24.3 Å². The number of benzene rings is 1. The highest BCUT2D eigenvalue weighted by Crippen LogP contribution is 2.15. The number of terminal acetylenes is 1. The van der Waals surface area contributed by atoms with Gasteiger partial charge in [-0.05, 0) is 31.2 Å². The lowest BCUT2D eigenvalue weighted by Gasteiger charge is -2.09. The van der Waals surface area contributed by atoms with Crippen molar-refractivity contribution in [1.82, 2.24) is 4.72 Å². The highest BCUT2D eigenvalue weighted by molar-refractivity contribution is 7.89. The van der Waals surface area contributed by atoms with Crippen LogP contribution in [-0.4, -0.2) is 21.6 Å². The Morgan fingerprint density at radius 2 is 1.94 bits per heavy atom. The van der Waals surface area contributed by atoms with Crippen molar-refractivity contribution in [1.29, 1.82) is 0 Å². The topological polar surface area (TPSA) is 55.4 Å². The monoisotopic (exact) mass is 239 g/mol. The molecule has 0 saturated carbocycles. The van der Waals surface area contributed by atoms with Crippen LogP contribution < -0.4 is 9.46 Å². The van der Waals surface area contributed by atoms with Crippen molar-refractivity contribution in [3.63, 3.8) is 0 Å². The number of ether oxygens (including phenoxy) is 1. The predicted octanol–water partition coefficient (Wildman–Crippen LogP) is 0.995. The molecule has 4 nitrogen and oxygen atoms in total. The molecule has 86 valence electrons. The number of hydrogen-bond donors (Lipinski definition) is 1. The molecular formula is C11H13NO3S. The molecule has 0 amide bonds. The van der Waals surface area contributed by atoms with Crippen LogP contribution in [0.25, 0.3) is 0 Å². The minimum Gasteiger partial charge on any atom is -0.497 e. The first-order valence-electron chi connectivity index (χ1n) is 4.62. The lowest BCUT2D eigenvalue weighted by molar-refractivity contribution is 0.414. The number of methoxy groups -OCH3 is 1. The van der Waals surface area contributed by atoms with E-state index in [1.54, 1.807) is 19.1 Å². The second-order valence-electron chi connectivity index (χ2n) is 3.19. The highest BCUT2D eigenvalue weighted by atomic mass is 32.2. The Bertz CT molecular complexity index is 485. The van der Waals surface area contributed by atoms with E-state index in [2.05, 4.69) is 10.6 Å². The molecule has 5 heteroatoms. The van der Waals surface area contributed by atoms with Crippen LogP contribution in [-0.2, 0) is 10.0 Å². The molecule has 1 atom stereocenters. The fraction of sp³-hybridized carbons (Fsp3) is 0.273. The molecule has 0 aliphatic rings. The van der Waals surface area contributed by atoms with Gasteiger partial charge in [0, 0.05) is 0 Å². The van der Waals surface area contributed by atoms with Gasteiger partial charge >= 0.3 is 0 Å². The van der Waals surface area contributed by atoms with E-state index in [1.807, 2.05) is 0 Å². The van der Waals surface area contributed by atoms with Crippen molar-refractivity contribution in [3.8, 4) is 18.1 Å². The summed E-state index contributed by atoms with van der Waals surface area (Å²) in [4.78, 5) is 0.162. The molecule has 0 aliphatic carbocycles. The van der Waals surface area contributed by atoms with E-state index in [9.17, 15) is 8.42 Å². The summed E-state index contributed by atoms with van der Waals surface area (Å²) in [5, 5.41) is 0. The molecule has 1 unspecified atom stereocenters. The Labute approximate surface area is 95.7 Å². The first-order valence-corrected chi connectivity index (χ1v) is 6.10. The van der Waals surface area contributed by atoms with Gasteiger partial charge in [0.05, 0.1) is 18.0 Å². The zero-order valence-electron chi connectivity index (χ0n) is 9.10. The molecule has 1 N–H and O–H groups in total. The molecule has 0 radical (unpaired) electrons. The fourth-order valence-corrected chi connectivity index (χ4v) is 2.25.